The third-order valence-corrected chi connectivity index (χ3v) is 6.10. The zero-order valence-corrected chi connectivity index (χ0v) is 15.0. The zero-order chi connectivity index (χ0) is 17.2. The first kappa shape index (κ1) is 17.9. The fourth-order valence-corrected chi connectivity index (χ4v) is 4.47. The standard InChI is InChI=1S/C16H25N3O3S/c1-5-18-6-8-19(9-7-18)23(21,22)15-10-12(2)16(13(3)11-15)17-14(4)20/h10-11H,5-9H2,1-4H3,(H,17,20). The number of benzene rings is 1. The van der Waals surface area contributed by atoms with E-state index < -0.39 is 10.0 Å². The fraction of sp³-hybridized carbons (Fsp3) is 0.562. The summed E-state index contributed by atoms with van der Waals surface area (Å²) in [5.41, 5.74) is 2.20. The summed E-state index contributed by atoms with van der Waals surface area (Å²) in [5, 5.41) is 2.76. The molecule has 2 rings (SSSR count). The van der Waals surface area contributed by atoms with E-state index in [1.807, 2.05) is 13.8 Å². The lowest BCUT2D eigenvalue weighted by Crippen LogP contribution is -2.48. The maximum absolute atomic E-state index is 12.8. The topological polar surface area (TPSA) is 69.7 Å². The van der Waals surface area contributed by atoms with Crippen molar-refractivity contribution in [3.05, 3.63) is 23.3 Å². The summed E-state index contributed by atoms with van der Waals surface area (Å²) in [5.74, 6) is -0.164. The maximum Gasteiger partial charge on any atom is 0.243 e. The van der Waals surface area contributed by atoms with E-state index in [1.165, 1.54) is 6.92 Å². The van der Waals surface area contributed by atoms with Crippen molar-refractivity contribution < 1.29 is 13.2 Å². The van der Waals surface area contributed by atoms with Gasteiger partial charge in [0.2, 0.25) is 15.9 Å². The molecule has 0 radical (unpaired) electrons. The van der Waals surface area contributed by atoms with E-state index in [9.17, 15) is 13.2 Å². The average molecular weight is 339 g/mol. The molecule has 1 heterocycles. The van der Waals surface area contributed by atoms with Crippen molar-refractivity contribution in [1.29, 1.82) is 0 Å². The van der Waals surface area contributed by atoms with E-state index in [1.54, 1.807) is 16.4 Å². The molecule has 0 unspecified atom stereocenters. The Bertz CT molecular complexity index is 670. The molecule has 0 aliphatic carbocycles. The number of hydrogen-bond donors (Lipinski definition) is 1. The van der Waals surface area contributed by atoms with Gasteiger partial charge < -0.3 is 10.2 Å². The first-order valence-electron chi connectivity index (χ1n) is 7.87. The van der Waals surface area contributed by atoms with Crippen LogP contribution in [0.4, 0.5) is 5.69 Å². The van der Waals surface area contributed by atoms with Gasteiger partial charge in [0.1, 0.15) is 0 Å². The van der Waals surface area contributed by atoms with Crippen LogP contribution in [0.2, 0.25) is 0 Å². The smallest absolute Gasteiger partial charge is 0.243 e. The summed E-state index contributed by atoms with van der Waals surface area (Å²) in [6.07, 6.45) is 0. The molecule has 6 nitrogen and oxygen atoms in total. The fourth-order valence-electron chi connectivity index (χ4n) is 2.88. The molecule has 7 heteroatoms. The van der Waals surface area contributed by atoms with E-state index in [4.69, 9.17) is 0 Å². The van der Waals surface area contributed by atoms with Crippen molar-refractivity contribution in [1.82, 2.24) is 9.21 Å². The number of nitrogens with one attached hydrogen (secondary N) is 1. The number of amides is 1. The quantitative estimate of drug-likeness (QED) is 0.904. The van der Waals surface area contributed by atoms with Gasteiger partial charge >= 0.3 is 0 Å². The number of hydrogen-bond acceptors (Lipinski definition) is 4. The van der Waals surface area contributed by atoms with E-state index in [2.05, 4.69) is 17.1 Å². The molecule has 1 aromatic rings. The zero-order valence-electron chi connectivity index (χ0n) is 14.2. The molecule has 1 aromatic carbocycles. The summed E-state index contributed by atoms with van der Waals surface area (Å²) in [6.45, 7) is 10.6. The second-order valence-electron chi connectivity index (χ2n) is 5.95. The minimum Gasteiger partial charge on any atom is -0.326 e. The van der Waals surface area contributed by atoms with Crippen molar-refractivity contribution in [3.8, 4) is 0 Å². The number of sulfonamides is 1. The number of anilines is 1. The number of aryl methyl sites for hydroxylation is 2. The molecule has 1 saturated heterocycles. The Labute approximate surface area is 138 Å². The number of likely N-dealkylation sites (N-methyl/N-ethyl adjacent to an activating group) is 1. The van der Waals surface area contributed by atoms with Crippen LogP contribution in [0.5, 0.6) is 0 Å². The van der Waals surface area contributed by atoms with Crippen molar-refractivity contribution in [2.24, 2.45) is 0 Å². The Balaban J connectivity index is 2.29. The molecule has 0 saturated carbocycles. The van der Waals surface area contributed by atoms with E-state index in [-0.39, 0.29) is 5.91 Å². The van der Waals surface area contributed by atoms with Crippen molar-refractivity contribution >= 4 is 21.6 Å². The van der Waals surface area contributed by atoms with Gasteiger partial charge in [-0.05, 0) is 43.7 Å². The highest BCUT2D eigenvalue weighted by molar-refractivity contribution is 7.89. The van der Waals surface area contributed by atoms with Gasteiger partial charge in [-0.15, -0.1) is 0 Å². The van der Waals surface area contributed by atoms with Crippen LogP contribution in [-0.4, -0.2) is 56.3 Å². The summed E-state index contributed by atoms with van der Waals surface area (Å²) < 4.78 is 27.2. The molecule has 128 valence electrons. The lowest BCUT2D eigenvalue weighted by atomic mass is 10.1. The van der Waals surface area contributed by atoms with Crippen LogP contribution in [0.3, 0.4) is 0 Å². The van der Waals surface area contributed by atoms with Crippen LogP contribution < -0.4 is 5.32 Å². The molecular formula is C16H25N3O3S. The van der Waals surface area contributed by atoms with E-state index in [0.29, 0.717) is 23.7 Å². The van der Waals surface area contributed by atoms with Crippen molar-refractivity contribution in [2.75, 3.05) is 38.0 Å². The summed E-state index contributed by atoms with van der Waals surface area (Å²) in [4.78, 5) is 13.8. The largest absolute Gasteiger partial charge is 0.326 e. The molecule has 1 aliphatic rings. The van der Waals surface area contributed by atoms with Gasteiger partial charge in [-0.2, -0.15) is 4.31 Å². The van der Waals surface area contributed by atoms with Gasteiger partial charge in [0.25, 0.3) is 0 Å². The SMILES string of the molecule is CCN1CCN(S(=O)(=O)c2cc(C)c(NC(C)=O)c(C)c2)CC1. The van der Waals surface area contributed by atoms with Gasteiger partial charge in [0.15, 0.2) is 0 Å². The Kier molecular flexibility index (Phi) is 5.44. The maximum atomic E-state index is 12.8. The number of carbonyl (C=O) groups excluding carboxylic acids is 1. The van der Waals surface area contributed by atoms with E-state index in [0.717, 1.165) is 30.8 Å². The first-order chi connectivity index (χ1) is 10.8. The average Bonchev–Trinajstić information content (AvgIpc) is 2.50. The van der Waals surface area contributed by atoms with Crippen molar-refractivity contribution in [3.63, 3.8) is 0 Å². The Hall–Kier alpha value is -1.44. The van der Waals surface area contributed by atoms with Gasteiger partial charge in [-0.25, -0.2) is 8.42 Å². The second kappa shape index (κ2) is 6.98. The second-order valence-corrected chi connectivity index (χ2v) is 7.89. The third kappa shape index (κ3) is 3.91. The molecule has 23 heavy (non-hydrogen) atoms. The Morgan fingerprint density at radius 1 is 1.13 bits per heavy atom. The number of piperazine rings is 1. The lowest BCUT2D eigenvalue weighted by Gasteiger charge is -2.33. The molecule has 1 aliphatic heterocycles. The summed E-state index contributed by atoms with van der Waals surface area (Å²) in [6, 6.07) is 3.28. The van der Waals surface area contributed by atoms with Gasteiger partial charge in [-0.3, -0.25) is 4.79 Å². The van der Waals surface area contributed by atoms with Gasteiger partial charge in [-0.1, -0.05) is 6.92 Å². The molecule has 0 bridgehead atoms. The van der Waals surface area contributed by atoms with Crippen LogP contribution in [0.15, 0.2) is 17.0 Å². The number of rotatable bonds is 4. The third-order valence-electron chi connectivity index (χ3n) is 4.22. The highest BCUT2D eigenvalue weighted by atomic mass is 32.2. The highest BCUT2D eigenvalue weighted by Gasteiger charge is 2.28. The molecule has 1 fully saturated rings. The first-order valence-corrected chi connectivity index (χ1v) is 9.31. The van der Waals surface area contributed by atoms with Crippen LogP contribution in [0.1, 0.15) is 25.0 Å². The Morgan fingerprint density at radius 2 is 1.65 bits per heavy atom. The Morgan fingerprint density at radius 3 is 2.09 bits per heavy atom. The highest BCUT2D eigenvalue weighted by Crippen LogP contribution is 2.27. The molecule has 0 aromatic heterocycles. The summed E-state index contributed by atoms with van der Waals surface area (Å²) in [7, 11) is -3.49. The molecule has 1 N–H and O–H groups in total. The minimum atomic E-state index is -3.49. The predicted octanol–water partition coefficient (Wildman–Crippen LogP) is 1.59. The predicted molar refractivity (Wildman–Crippen MR) is 91.1 cm³/mol. The van der Waals surface area contributed by atoms with Crippen LogP contribution >= 0.6 is 0 Å². The van der Waals surface area contributed by atoms with Crippen molar-refractivity contribution in [2.45, 2.75) is 32.6 Å². The lowest BCUT2D eigenvalue weighted by molar-refractivity contribution is -0.114. The molecular weight excluding hydrogens is 314 g/mol. The van der Waals surface area contributed by atoms with Gasteiger partial charge in [0.05, 0.1) is 4.90 Å². The minimum absolute atomic E-state index is 0.164. The number of carbonyl (C=O) groups is 1. The van der Waals surface area contributed by atoms with Gasteiger partial charge in [0, 0.05) is 38.8 Å². The van der Waals surface area contributed by atoms with Crippen LogP contribution in [0, 0.1) is 13.8 Å². The van der Waals surface area contributed by atoms with Crippen LogP contribution in [0.25, 0.3) is 0 Å². The molecule has 1 amide bonds. The molecule has 0 spiro atoms. The van der Waals surface area contributed by atoms with E-state index >= 15 is 0 Å². The monoisotopic (exact) mass is 339 g/mol. The summed E-state index contributed by atoms with van der Waals surface area (Å²) >= 11 is 0. The van der Waals surface area contributed by atoms with Crippen LogP contribution in [-0.2, 0) is 14.8 Å². The normalized spacial score (nSPS) is 17.2. The molecule has 0 atom stereocenters. The number of nitrogens with zero attached hydrogens (tertiary/aromatic N) is 2.